The van der Waals surface area contributed by atoms with Crippen molar-refractivity contribution in [3.05, 3.63) is 5.89 Å². The van der Waals surface area contributed by atoms with Crippen molar-refractivity contribution in [2.75, 3.05) is 19.3 Å². The molecule has 0 aromatic carbocycles. The van der Waals surface area contributed by atoms with E-state index in [2.05, 4.69) is 34.7 Å². The van der Waals surface area contributed by atoms with Crippen LogP contribution < -0.4 is 10.6 Å². The third-order valence-corrected chi connectivity index (χ3v) is 6.36. The summed E-state index contributed by atoms with van der Waals surface area (Å²) in [5.74, 6) is 0.624. The SMILES string of the molecule is CCCC(CCC)C(NC(=O)C1CCCCC1)C(=O)c1nnc(SCCNC)o1. The van der Waals surface area contributed by atoms with Crippen molar-refractivity contribution >= 4 is 23.5 Å². The molecule has 1 saturated carbocycles. The Morgan fingerprint density at radius 1 is 1.14 bits per heavy atom. The predicted octanol–water partition coefficient (Wildman–Crippen LogP) is 3.85. The van der Waals surface area contributed by atoms with E-state index in [1.54, 1.807) is 0 Å². The van der Waals surface area contributed by atoms with Gasteiger partial charge in [-0.25, -0.2) is 0 Å². The van der Waals surface area contributed by atoms with Crippen LogP contribution in [0.1, 0.15) is 82.3 Å². The zero-order valence-electron chi connectivity index (χ0n) is 18.0. The highest BCUT2D eigenvalue weighted by molar-refractivity contribution is 7.99. The second-order valence-corrected chi connectivity index (χ2v) is 8.89. The van der Waals surface area contributed by atoms with Gasteiger partial charge in [0, 0.05) is 18.2 Å². The minimum Gasteiger partial charge on any atom is -0.408 e. The van der Waals surface area contributed by atoms with Gasteiger partial charge >= 0.3 is 0 Å². The Balaban J connectivity index is 2.14. The van der Waals surface area contributed by atoms with E-state index in [0.717, 1.165) is 63.7 Å². The van der Waals surface area contributed by atoms with Crippen molar-refractivity contribution in [2.24, 2.45) is 11.8 Å². The van der Waals surface area contributed by atoms with Crippen molar-refractivity contribution < 1.29 is 14.0 Å². The standard InChI is InChI=1S/C21H36N4O3S/c1-4-9-15(10-5-2)17(23-19(27)16-11-7-6-8-12-16)18(26)20-24-25-21(28-20)29-14-13-22-3/h15-17,22H,4-14H2,1-3H3,(H,23,27). The molecule has 0 bridgehead atoms. The first-order chi connectivity index (χ1) is 14.1. The van der Waals surface area contributed by atoms with E-state index >= 15 is 0 Å². The normalized spacial score (nSPS) is 16.1. The third kappa shape index (κ3) is 7.41. The molecule has 1 unspecified atom stereocenters. The Kier molecular flexibility index (Phi) is 10.7. The number of nitrogens with one attached hydrogen (secondary N) is 2. The highest BCUT2D eigenvalue weighted by Crippen LogP contribution is 2.26. The van der Waals surface area contributed by atoms with Crippen LogP contribution in [0.4, 0.5) is 0 Å². The Morgan fingerprint density at radius 2 is 1.83 bits per heavy atom. The van der Waals surface area contributed by atoms with Crippen LogP contribution in [-0.2, 0) is 4.79 Å². The number of hydrogen-bond donors (Lipinski definition) is 2. The fourth-order valence-corrected chi connectivity index (χ4v) is 4.71. The van der Waals surface area contributed by atoms with E-state index in [9.17, 15) is 9.59 Å². The molecule has 0 aliphatic heterocycles. The molecule has 1 aliphatic rings. The summed E-state index contributed by atoms with van der Waals surface area (Å²) in [7, 11) is 1.88. The zero-order chi connectivity index (χ0) is 21.1. The van der Waals surface area contributed by atoms with Crippen LogP contribution in [-0.4, -0.2) is 47.3 Å². The number of nitrogens with zero attached hydrogens (tertiary/aromatic N) is 2. The summed E-state index contributed by atoms with van der Waals surface area (Å²) >= 11 is 1.42. The fourth-order valence-electron chi connectivity index (χ4n) is 3.99. The lowest BCUT2D eigenvalue weighted by Gasteiger charge is -2.28. The van der Waals surface area contributed by atoms with Gasteiger partial charge in [0.05, 0.1) is 0 Å². The Labute approximate surface area is 178 Å². The Hall–Kier alpha value is -1.41. The summed E-state index contributed by atoms with van der Waals surface area (Å²) in [6.07, 6.45) is 8.86. The second kappa shape index (κ2) is 13.0. The van der Waals surface area contributed by atoms with Crippen LogP contribution in [0.25, 0.3) is 0 Å². The molecule has 1 aliphatic carbocycles. The number of carbonyl (C=O) groups is 2. The molecule has 164 valence electrons. The minimum absolute atomic E-state index is 0.00288. The average molecular weight is 425 g/mol. The fraction of sp³-hybridized carbons (Fsp3) is 0.810. The highest BCUT2D eigenvalue weighted by atomic mass is 32.2. The maximum atomic E-state index is 13.3. The maximum Gasteiger partial charge on any atom is 0.286 e. The summed E-state index contributed by atoms with van der Waals surface area (Å²) in [6, 6.07) is -0.597. The smallest absolute Gasteiger partial charge is 0.286 e. The van der Waals surface area contributed by atoms with Crippen molar-refractivity contribution in [2.45, 2.75) is 82.9 Å². The molecule has 2 N–H and O–H groups in total. The van der Waals surface area contributed by atoms with E-state index in [1.165, 1.54) is 18.2 Å². The number of amides is 1. The summed E-state index contributed by atoms with van der Waals surface area (Å²) in [5, 5.41) is 14.5. The van der Waals surface area contributed by atoms with Crippen LogP contribution in [0, 0.1) is 11.8 Å². The van der Waals surface area contributed by atoms with Crippen molar-refractivity contribution in [3.63, 3.8) is 0 Å². The van der Waals surface area contributed by atoms with E-state index in [4.69, 9.17) is 4.42 Å². The zero-order valence-corrected chi connectivity index (χ0v) is 18.9. The molecule has 2 rings (SSSR count). The van der Waals surface area contributed by atoms with E-state index in [-0.39, 0.29) is 29.4 Å². The number of ketones is 1. The average Bonchev–Trinajstić information content (AvgIpc) is 3.21. The van der Waals surface area contributed by atoms with Crippen LogP contribution in [0.5, 0.6) is 0 Å². The molecule has 1 fully saturated rings. The number of thioether (sulfide) groups is 1. The van der Waals surface area contributed by atoms with Gasteiger partial charge in [0.15, 0.2) is 0 Å². The van der Waals surface area contributed by atoms with E-state index < -0.39 is 6.04 Å². The molecule has 0 saturated heterocycles. The highest BCUT2D eigenvalue weighted by Gasteiger charge is 2.34. The van der Waals surface area contributed by atoms with Gasteiger partial charge in [0.2, 0.25) is 11.7 Å². The molecule has 1 aromatic rings. The quantitative estimate of drug-likeness (QED) is 0.282. The lowest BCUT2D eigenvalue weighted by molar-refractivity contribution is -0.126. The van der Waals surface area contributed by atoms with Crippen molar-refractivity contribution in [3.8, 4) is 0 Å². The molecule has 1 aromatic heterocycles. The van der Waals surface area contributed by atoms with Crippen molar-refractivity contribution in [1.29, 1.82) is 0 Å². The lowest BCUT2D eigenvalue weighted by Crippen LogP contribution is -2.48. The van der Waals surface area contributed by atoms with Gasteiger partial charge in [-0.2, -0.15) is 0 Å². The molecule has 1 amide bonds. The molecular weight excluding hydrogens is 388 g/mol. The number of aromatic nitrogens is 2. The number of hydrogen-bond acceptors (Lipinski definition) is 7. The molecular formula is C21H36N4O3S. The van der Waals surface area contributed by atoms with Crippen molar-refractivity contribution in [1.82, 2.24) is 20.8 Å². The van der Waals surface area contributed by atoms with Gasteiger partial charge in [-0.1, -0.05) is 57.7 Å². The molecule has 0 spiro atoms. The lowest BCUT2D eigenvalue weighted by atomic mass is 9.85. The molecule has 0 radical (unpaired) electrons. The summed E-state index contributed by atoms with van der Waals surface area (Å²) < 4.78 is 5.62. The Bertz CT molecular complexity index is 625. The molecule has 8 heteroatoms. The van der Waals surface area contributed by atoms with Gasteiger partial charge in [-0.3, -0.25) is 9.59 Å². The van der Waals surface area contributed by atoms with Gasteiger partial charge in [-0.15, -0.1) is 10.2 Å². The summed E-state index contributed by atoms with van der Waals surface area (Å²) in [6.45, 7) is 5.03. The van der Waals surface area contributed by atoms with Crippen LogP contribution in [0.15, 0.2) is 9.64 Å². The Morgan fingerprint density at radius 3 is 2.45 bits per heavy atom. The first-order valence-corrected chi connectivity index (χ1v) is 12.0. The van der Waals surface area contributed by atoms with E-state index in [1.807, 2.05) is 7.05 Å². The van der Waals surface area contributed by atoms with Crippen LogP contribution in [0.3, 0.4) is 0 Å². The summed E-state index contributed by atoms with van der Waals surface area (Å²) in [4.78, 5) is 26.2. The maximum absolute atomic E-state index is 13.3. The van der Waals surface area contributed by atoms with Gasteiger partial charge in [0.1, 0.15) is 6.04 Å². The van der Waals surface area contributed by atoms with E-state index in [0.29, 0.717) is 5.22 Å². The monoisotopic (exact) mass is 424 g/mol. The van der Waals surface area contributed by atoms with Gasteiger partial charge in [-0.05, 0) is 38.6 Å². The first-order valence-electron chi connectivity index (χ1n) is 11.1. The first kappa shape index (κ1) is 23.9. The molecule has 29 heavy (non-hydrogen) atoms. The molecule has 1 atom stereocenters. The number of carbonyl (C=O) groups excluding carboxylic acids is 2. The number of rotatable bonds is 13. The topological polar surface area (TPSA) is 97.1 Å². The van der Waals surface area contributed by atoms with Crippen LogP contribution in [0.2, 0.25) is 0 Å². The predicted molar refractivity (Wildman–Crippen MR) is 115 cm³/mol. The second-order valence-electron chi connectivity index (χ2n) is 7.85. The largest absolute Gasteiger partial charge is 0.408 e. The third-order valence-electron chi connectivity index (χ3n) is 5.54. The minimum atomic E-state index is -0.597. The number of Topliss-reactive ketones (excluding diaryl/α,β-unsaturated/α-hetero) is 1. The van der Waals surface area contributed by atoms with Gasteiger partial charge in [0.25, 0.3) is 11.1 Å². The van der Waals surface area contributed by atoms with Crippen LogP contribution >= 0.6 is 11.8 Å². The summed E-state index contributed by atoms with van der Waals surface area (Å²) in [5.41, 5.74) is 0. The molecule has 1 heterocycles. The van der Waals surface area contributed by atoms with Gasteiger partial charge < -0.3 is 15.1 Å². The molecule has 7 nitrogen and oxygen atoms in total.